The largest absolute Gasteiger partial charge is 0.377 e. The van der Waals surface area contributed by atoms with E-state index >= 15 is 0 Å². The monoisotopic (exact) mass is 165 g/mol. The molecule has 0 heterocycles. The minimum atomic E-state index is -0.226. The molecule has 0 N–H and O–H groups in total. The summed E-state index contributed by atoms with van der Waals surface area (Å²) >= 11 is 0. The van der Waals surface area contributed by atoms with E-state index in [1.54, 1.807) is 12.1 Å². The van der Waals surface area contributed by atoms with Gasteiger partial charge in [-0.15, -0.1) is 0 Å². The van der Waals surface area contributed by atoms with Gasteiger partial charge in [0.2, 0.25) is 0 Å². The third kappa shape index (κ3) is 1.64. The molecule has 0 atom stereocenters. The molecule has 0 fully saturated rings. The fourth-order valence-electron chi connectivity index (χ4n) is 1.10. The van der Waals surface area contributed by atoms with E-state index in [-0.39, 0.29) is 5.82 Å². The Bertz CT molecular complexity index is 292. The Kier molecular flexibility index (Phi) is 2.48. The summed E-state index contributed by atoms with van der Waals surface area (Å²) in [5, 5.41) is 0. The minimum absolute atomic E-state index is 0.226. The van der Waals surface area contributed by atoms with Gasteiger partial charge in [-0.05, 0) is 18.2 Å². The van der Waals surface area contributed by atoms with Crippen molar-refractivity contribution < 1.29 is 4.39 Å². The van der Waals surface area contributed by atoms with Gasteiger partial charge >= 0.3 is 0 Å². The Morgan fingerprint density at radius 2 is 2.08 bits per heavy atom. The second-order valence-electron chi connectivity index (χ2n) is 2.80. The average molecular weight is 165 g/mol. The highest BCUT2D eigenvalue weighted by Crippen LogP contribution is 2.20. The first-order valence-electron chi connectivity index (χ1n) is 3.74. The standard InChI is InChI=1S/C10H12FN/c1-4-8-7-9(11)5-6-10(8)12(2)3/h4-7H,1H2,2-3H3. The van der Waals surface area contributed by atoms with Gasteiger partial charge in [-0.3, -0.25) is 0 Å². The molecule has 12 heavy (non-hydrogen) atoms. The summed E-state index contributed by atoms with van der Waals surface area (Å²) in [5.41, 5.74) is 1.80. The van der Waals surface area contributed by atoms with Crippen molar-refractivity contribution in [1.82, 2.24) is 0 Å². The Balaban J connectivity index is 3.20. The van der Waals surface area contributed by atoms with Gasteiger partial charge in [0.25, 0.3) is 0 Å². The summed E-state index contributed by atoms with van der Waals surface area (Å²) in [5.74, 6) is -0.226. The van der Waals surface area contributed by atoms with Crippen LogP contribution in [0, 0.1) is 5.82 Å². The molecule has 0 saturated heterocycles. The molecule has 1 nitrogen and oxygen atoms in total. The zero-order valence-corrected chi connectivity index (χ0v) is 7.34. The molecule has 0 amide bonds. The van der Waals surface area contributed by atoms with Gasteiger partial charge in [0, 0.05) is 25.3 Å². The van der Waals surface area contributed by atoms with Crippen molar-refractivity contribution in [3.05, 3.63) is 36.2 Å². The van der Waals surface area contributed by atoms with Gasteiger partial charge in [-0.1, -0.05) is 12.7 Å². The van der Waals surface area contributed by atoms with Crippen LogP contribution in [0.1, 0.15) is 5.56 Å². The number of halogens is 1. The molecule has 0 saturated carbocycles. The summed E-state index contributed by atoms with van der Waals surface area (Å²) in [6.07, 6.45) is 1.65. The van der Waals surface area contributed by atoms with Crippen molar-refractivity contribution in [2.75, 3.05) is 19.0 Å². The first-order chi connectivity index (χ1) is 5.65. The molecule has 2 heteroatoms. The van der Waals surface area contributed by atoms with Crippen molar-refractivity contribution in [3.63, 3.8) is 0 Å². The highest BCUT2D eigenvalue weighted by atomic mass is 19.1. The van der Waals surface area contributed by atoms with Crippen LogP contribution in [0.5, 0.6) is 0 Å². The Morgan fingerprint density at radius 1 is 1.42 bits per heavy atom. The second-order valence-corrected chi connectivity index (χ2v) is 2.80. The lowest BCUT2D eigenvalue weighted by Crippen LogP contribution is -2.10. The third-order valence-corrected chi connectivity index (χ3v) is 1.69. The summed E-state index contributed by atoms with van der Waals surface area (Å²) in [7, 11) is 3.83. The van der Waals surface area contributed by atoms with Crippen LogP contribution in [0.3, 0.4) is 0 Å². The summed E-state index contributed by atoms with van der Waals surface area (Å²) in [4.78, 5) is 1.93. The van der Waals surface area contributed by atoms with Gasteiger partial charge in [0.05, 0.1) is 0 Å². The fourth-order valence-corrected chi connectivity index (χ4v) is 1.10. The Hall–Kier alpha value is -1.31. The number of hydrogen-bond donors (Lipinski definition) is 0. The summed E-state index contributed by atoms with van der Waals surface area (Å²) in [6, 6.07) is 4.66. The number of benzene rings is 1. The van der Waals surface area contributed by atoms with Crippen LogP contribution in [-0.4, -0.2) is 14.1 Å². The highest BCUT2D eigenvalue weighted by Gasteiger charge is 2.01. The van der Waals surface area contributed by atoms with Crippen LogP contribution in [0.25, 0.3) is 6.08 Å². The summed E-state index contributed by atoms with van der Waals surface area (Å²) < 4.78 is 12.7. The molecule has 0 spiro atoms. The van der Waals surface area contributed by atoms with Gasteiger partial charge in [-0.2, -0.15) is 0 Å². The van der Waals surface area contributed by atoms with E-state index in [0.29, 0.717) is 0 Å². The average Bonchev–Trinajstić information content (AvgIpc) is 2.03. The van der Waals surface area contributed by atoms with E-state index in [4.69, 9.17) is 0 Å². The van der Waals surface area contributed by atoms with Crippen LogP contribution in [0.15, 0.2) is 24.8 Å². The lowest BCUT2D eigenvalue weighted by Gasteiger charge is -2.15. The lowest BCUT2D eigenvalue weighted by atomic mass is 10.1. The predicted octanol–water partition coefficient (Wildman–Crippen LogP) is 2.53. The maximum absolute atomic E-state index is 12.7. The fraction of sp³-hybridized carbons (Fsp3) is 0.200. The topological polar surface area (TPSA) is 3.24 Å². The minimum Gasteiger partial charge on any atom is -0.377 e. The molecule has 0 bridgehead atoms. The molecule has 1 aromatic rings. The zero-order valence-electron chi connectivity index (χ0n) is 7.34. The van der Waals surface area contributed by atoms with Crippen molar-refractivity contribution in [2.24, 2.45) is 0 Å². The SMILES string of the molecule is C=Cc1cc(F)ccc1N(C)C. The van der Waals surface area contributed by atoms with Crippen molar-refractivity contribution in [2.45, 2.75) is 0 Å². The second kappa shape index (κ2) is 3.39. The van der Waals surface area contributed by atoms with Crippen molar-refractivity contribution in [3.8, 4) is 0 Å². The number of nitrogens with zero attached hydrogens (tertiary/aromatic N) is 1. The molecule has 0 radical (unpaired) electrons. The van der Waals surface area contributed by atoms with Crippen LogP contribution in [0.2, 0.25) is 0 Å². The van der Waals surface area contributed by atoms with Crippen LogP contribution < -0.4 is 4.90 Å². The molecular formula is C10H12FN. The quantitative estimate of drug-likeness (QED) is 0.651. The molecular weight excluding hydrogens is 153 g/mol. The van der Waals surface area contributed by atoms with Gasteiger partial charge < -0.3 is 4.90 Å². The predicted molar refractivity (Wildman–Crippen MR) is 50.8 cm³/mol. The van der Waals surface area contributed by atoms with Crippen molar-refractivity contribution in [1.29, 1.82) is 0 Å². The molecule has 0 unspecified atom stereocenters. The van der Waals surface area contributed by atoms with E-state index in [2.05, 4.69) is 6.58 Å². The van der Waals surface area contributed by atoms with Gasteiger partial charge in [0.15, 0.2) is 0 Å². The zero-order chi connectivity index (χ0) is 9.14. The van der Waals surface area contributed by atoms with E-state index in [9.17, 15) is 4.39 Å². The Labute approximate surface area is 72.1 Å². The van der Waals surface area contributed by atoms with E-state index in [0.717, 1.165) is 11.3 Å². The first-order valence-corrected chi connectivity index (χ1v) is 3.74. The van der Waals surface area contributed by atoms with Crippen LogP contribution in [0.4, 0.5) is 10.1 Å². The third-order valence-electron chi connectivity index (χ3n) is 1.69. The molecule has 1 aromatic carbocycles. The molecule has 1 rings (SSSR count). The maximum atomic E-state index is 12.7. The maximum Gasteiger partial charge on any atom is 0.123 e. The smallest absolute Gasteiger partial charge is 0.123 e. The molecule has 0 aliphatic rings. The first kappa shape index (κ1) is 8.78. The van der Waals surface area contributed by atoms with E-state index in [1.165, 1.54) is 12.1 Å². The summed E-state index contributed by atoms with van der Waals surface area (Å²) in [6.45, 7) is 3.62. The molecule has 64 valence electrons. The molecule has 0 aromatic heterocycles. The lowest BCUT2D eigenvalue weighted by molar-refractivity contribution is 0.627. The van der Waals surface area contributed by atoms with Crippen molar-refractivity contribution >= 4 is 11.8 Å². The number of hydrogen-bond acceptors (Lipinski definition) is 1. The number of anilines is 1. The molecule has 0 aliphatic heterocycles. The van der Waals surface area contributed by atoms with Gasteiger partial charge in [-0.25, -0.2) is 4.39 Å². The van der Waals surface area contributed by atoms with E-state index < -0.39 is 0 Å². The van der Waals surface area contributed by atoms with Crippen LogP contribution >= 0.6 is 0 Å². The highest BCUT2D eigenvalue weighted by molar-refractivity contribution is 5.66. The normalized spacial score (nSPS) is 9.58. The van der Waals surface area contributed by atoms with E-state index in [1.807, 2.05) is 19.0 Å². The molecule has 0 aliphatic carbocycles. The Morgan fingerprint density at radius 3 is 2.58 bits per heavy atom. The van der Waals surface area contributed by atoms with Gasteiger partial charge in [0.1, 0.15) is 5.82 Å². The van der Waals surface area contributed by atoms with Crippen LogP contribution in [-0.2, 0) is 0 Å². The number of rotatable bonds is 2.